The topological polar surface area (TPSA) is 58.6 Å². The molecule has 0 bridgehead atoms. The van der Waals surface area contributed by atoms with Gasteiger partial charge in [-0.05, 0) is 19.8 Å². The number of hydrogen-bond donors (Lipinski definition) is 1. The van der Waals surface area contributed by atoms with Gasteiger partial charge in [-0.15, -0.1) is 0 Å². The minimum Gasteiger partial charge on any atom is -0.464 e. The summed E-state index contributed by atoms with van der Waals surface area (Å²) in [5.41, 5.74) is 0. The summed E-state index contributed by atoms with van der Waals surface area (Å²) in [5.74, 6) is -0.298. The molecule has 1 fully saturated rings. The van der Waals surface area contributed by atoms with Crippen LogP contribution in [0.15, 0.2) is 0 Å². The van der Waals surface area contributed by atoms with Crippen molar-refractivity contribution in [1.82, 2.24) is 10.2 Å². The summed E-state index contributed by atoms with van der Waals surface area (Å²) in [4.78, 5) is 24.3. The molecular weight excluding hydrogens is 184 g/mol. The second-order valence-electron chi connectivity index (χ2n) is 3.16. The minimum absolute atomic E-state index is 0.208. The maximum Gasteiger partial charge on any atom is 0.328 e. The Kier molecular flexibility index (Phi) is 3.73. The van der Waals surface area contributed by atoms with E-state index >= 15 is 0 Å². The first-order valence-electron chi connectivity index (χ1n) is 4.85. The van der Waals surface area contributed by atoms with E-state index in [1.807, 2.05) is 0 Å². The van der Waals surface area contributed by atoms with Crippen molar-refractivity contribution < 1.29 is 14.3 Å². The van der Waals surface area contributed by atoms with Crippen LogP contribution in [0.25, 0.3) is 0 Å². The van der Waals surface area contributed by atoms with Gasteiger partial charge in [-0.25, -0.2) is 9.59 Å². The lowest BCUT2D eigenvalue weighted by atomic mass is 10.2. The Morgan fingerprint density at radius 1 is 1.57 bits per heavy atom. The molecule has 1 unspecified atom stereocenters. The van der Waals surface area contributed by atoms with Gasteiger partial charge in [0.2, 0.25) is 0 Å². The first-order valence-corrected chi connectivity index (χ1v) is 4.85. The summed E-state index contributed by atoms with van der Waals surface area (Å²) in [6, 6.07) is -0.601. The first-order chi connectivity index (χ1) is 6.70. The van der Waals surface area contributed by atoms with Gasteiger partial charge in [0, 0.05) is 13.6 Å². The van der Waals surface area contributed by atoms with E-state index in [0.717, 1.165) is 6.42 Å². The number of nitrogens with zero attached hydrogens (tertiary/aromatic N) is 1. The molecular formula is C9H16N2O3. The van der Waals surface area contributed by atoms with Gasteiger partial charge in [-0.2, -0.15) is 0 Å². The zero-order valence-corrected chi connectivity index (χ0v) is 8.58. The maximum absolute atomic E-state index is 11.4. The summed E-state index contributed by atoms with van der Waals surface area (Å²) in [6.45, 7) is 2.75. The van der Waals surface area contributed by atoms with E-state index in [0.29, 0.717) is 19.6 Å². The second kappa shape index (κ2) is 4.83. The fraction of sp³-hybridized carbons (Fsp3) is 0.778. The standard InChI is InChI=1S/C9H16N2O3/c1-3-14-8(12)7-5-4-6-11(7)9(13)10-2/h7H,3-6H2,1-2H3,(H,10,13). The number of urea groups is 1. The van der Waals surface area contributed by atoms with E-state index in [9.17, 15) is 9.59 Å². The Morgan fingerprint density at radius 3 is 2.86 bits per heavy atom. The zero-order valence-electron chi connectivity index (χ0n) is 8.58. The molecule has 0 spiro atoms. The summed E-state index contributed by atoms with van der Waals surface area (Å²) in [5, 5.41) is 2.51. The molecule has 1 N–H and O–H groups in total. The molecule has 1 atom stereocenters. The summed E-state index contributed by atoms with van der Waals surface area (Å²) < 4.78 is 4.89. The van der Waals surface area contributed by atoms with E-state index in [1.165, 1.54) is 4.90 Å². The van der Waals surface area contributed by atoms with Gasteiger partial charge in [-0.1, -0.05) is 0 Å². The Labute approximate surface area is 83.4 Å². The summed E-state index contributed by atoms with van der Waals surface area (Å²) in [7, 11) is 1.56. The summed E-state index contributed by atoms with van der Waals surface area (Å²) in [6.07, 6.45) is 1.56. The van der Waals surface area contributed by atoms with Gasteiger partial charge in [0.15, 0.2) is 0 Å². The average molecular weight is 200 g/mol. The Hall–Kier alpha value is -1.26. The molecule has 0 saturated carbocycles. The van der Waals surface area contributed by atoms with E-state index in [1.54, 1.807) is 14.0 Å². The van der Waals surface area contributed by atoms with Crippen LogP contribution < -0.4 is 5.32 Å². The number of nitrogens with one attached hydrogen (secondary N) is 1. The molecule has 5 nitrogen and oxygen atoms in total. The normalized spacial score (nSPS) is 20.7. The first kappa shape index (κ1) is 10.8. The van der Waals surface area contributed by atoms with E-state index in [-0.39, 0.29) is 12.0 Å². The van der Waals surface area contributed by atoms with E-state index in [4.69, 9.17) is 4.74 Å². The number of hydrogen-bond acceptors (Lipinski definition) is 3. The van der Waals surface area contributed by atoms with Crippen molar-refractivity contribution in [3.05, 3.63) is 0 Å². The molecule has 14 heavy (non-hydrogen) atoms. The van der Waals surface area contributed by atoms with Crippen LogP contribution in [-0.2, 0) is 9.53 Å². The molecule has 1 saturated heterocycles. The molecule has 80 valence electrons. The van der Waals surface area contributed by atoms with Gasteiger partial charge in [0.05, 0.1) is 6.61 Å². The van der Waals surface area contributed by atoms with E-state index in [2.05, 4.69) is 5.32 Å². The largest absolute Gasteiger partial charge is 0.464 e. The molecule has 1 rings (SSSR count). The van der Waals surface area contributed by atoms with Crippen LogP contribution in [-0.4, -0.2) is 43.1 Å². The average Bonchev–Trinajstić information content (AvgIpc) is 2.65. The monoisotopic (exact) mass is 200 g/mol. The zero-order chi connectivity index (χ0) is 10.6. The van der Waals surface area contributed by atoms with Crippen LogP contribution in [0.5, 0.6) is 0 Å². The van der Waals surface area contributed by atoms with Crippen LogP contribution in [0.2, 0.25) is 0 Å². The number of likely N-dealkylation sites (tertiary alicyclic amines) is 1. The van der Waals surface area contributed by atoms with E-state index < -0.39 is 6.04 Å². The number of ether oxygens (including phenoxy) is 1. The molecule has 5 heteroatoms. The number of rotatable bonds is 2. The molecule has 0 aromatic heterocycles. The molecule has 1 heterocycles. The third kappa shape index (κ3) is 2.16. The third-order valence-corrected chi connectivity index (χ3v) is 2.29. The second-order valence-corrected chi connectivity index (χ2v) is 3.16. The lowest BCUT2D eigenvalue weighted by molar-refractivity contribution is -0.147. The maximum atomic E-state index is 11.4. The van der Waals surface area contributed by atoms with Crippen LogP contribution in [0, 0.1) is 0 Å². The predicted octanol–water partition coefficient (Wildman–Crippen LogP) is 0.353. The van der Waals surface area contributed by atoms with Gasteiger partial charge >= 0.3 is 12.0 Å². The van der Waals surface area contributed by atoms with Crippen molar-refractivity contribution >= 4 is 12.0 Å². The van der Waals surface area contributed by atoms with Crippen LogP contribution in [0.4, 0.5) is 4.79 Å². The fourth-order valence-corrected chi connectivity index (χ4v) is 1.64. The quantitative estimate of drug-likeness (QED) is 0.654. The highest BCUT2D eigenvalue weighted by Crippen LogP contribution is 2.18. The van der Waals surface area contributed by atoms with Crippen molar-refractivity contribution in [1.29, 1.82) is 0 Å². The Bertz CT molecular complexity index is 230. The lowest BCUT2D eigenvalue weighted by Gasteiger charge is -2.22. The Balaban J connectivity index is 2.59. The van der Waals surface area contributed by atoms with Crippen LogP contribution in [0.1, 0.15) is 19.8 Å². The highest BCUT2D eigenvalue weighted by Gasteiger charge is 2.34. The molecule has 0 aromatic carbocycles. The minimum atomic E-state index is -0.394. The van der Waals surface area contributed by atoms with Crippen molar-refractivity contribution in [2.45, 2.75) is 25.8 Å². The predicted molar refractivity (Wildman–Crippen MR) is 50.8 cm³/mol. The molecule has 0 radical (unpaired) electrons. The third-order valence-electron chi connectivity index (χ3n) is 2.29. The highest BCUT2D eigenvalue weighted by atomic mass is 16.5. The smallest absolute Gasteiger partial charge is 0.328 e. The van der Waals surface area contributed by atoms with Gasteiger partial charge < -0.3 is 15.0 Å². The number of esters is 1. The number of carbonyl (C=O) groups is 2. The number of carbonyl (C=O) groups excluding carboxylic acids is 2. The summed E-state index contributed by atoms with van der Waals surface area (Å²) >= 11 is 0. The van der Waals surface area contributed by atoms with Crippen molar-refractivity contribution in [2.75, 3.05) is 20.2 Å². The highest BCUT2D eigenvalue weighted by molar-refractivity contribution is 5.84. The van der Waals surface area contributed by atoms with Crippen LogP contribution >= 0.6 is 0 Å². The molecule has 1 aliphatic rings. The molecule has 1 aliphatic heterocycles. The Morgan fingerprint density at radius 2 is 2.29 bits per heavy atom. The fourth-order valence-electron chi connectivity index (χ4n) is 1.64. The molecule has 0 aromatic rings. The lowest BCUT2D eigenvalue weighted by Crippen LogP contribution is -2.45. The van der Waals surface area contributed by atoms with Crippen molar-refractivity contribution in [3.8, 4) is 0 Å². The van der Waals surface area contributed by atoms with Gasteiger partial charge in [0.1, 0.15) is 6.04 Å². The van der Waals surface area contributed by atoms with Gasteiger partial charge in [0.25, 0.3) is 0 Å². The number of amides is 2. The molecule has 0 aliphatic carbocycles. The SMILES string of the molecule is CCOC(=O)C1CCCN1C(=O)NC. The van der Waals surface area contributed by atoms with Crippen LogP contribution in [0.3, 0.4) is 0 Å². The van der Waals surface area contributed by atoms with Gasteiger partial charge in [-0.3, -0.25) is 0 Å². The van der Waals surface area contributed by atoms with Crippen molar-refractivity contribution in [3.63, 3.8) is 0 Å². The molecule has 2 amide bonds. The van der Waals surface area contributed by atoms with Crippen molar-refractivity contribution in [2.24, 2.45) is 0 Å².